The number of hydrogen-bond acceptors (Lipinski definition) is 3. The van der Waals surface area contributed by atoms with E-state index in [9.17, 15) is 0 Å². The molecule has 0 bridgehead atoms. The van der Waals surface area contributed by atoms with Crippen LogP contribution in [0.15, 0.2) is 0 Å². The van der Waals surface area contributed by atoms with Gasteiger partial charge in [0.2, 0.25) is 0 Å². The van der Waals surface area contributed by atoms with Crippen molar-refractivity contribution in [1.82, 2.24) is 5.32 Å². The molecule has 1 heterocycles. The molecule has 0 radical (unpaired) electrons. The van der Waals surface area contributed by atoms with Crippen LogP contribution in [-0.2, 0) is 9.47 Å². The van der Waals surface area contributed by atoms with Crippen molar-refractivity contribution >= 4 is 0 Å². The molecule has 0 aromatic rings. The lowest BCUT2D eigenvalue weighted by atomic mass is 9.93. The van der Waals surface area contributed by atoms with Crippen LogP contribution in [-0.4, -0.2) is 37.5 Å². The average molecular weight is 215 g/mol. The highest BCUT2D eigenvalue weighted by Gasteiger charge is 2.26. The Kier molecular flexibility index (Phi) is 4.56. The van der Waals surface area contributed by atoms with Crippen LogP contribution in [0.4, 0.5) is 0 Å². The number of ether oxygens (including phenoxy) is 2. The summed E-state index contributed by atoms with van der Waals surface area (Å²) in [5.41, 5.74) is 0.220. The summed E-state index contributed by atoms with van der Waals surface area (Å²) in [6, 6.07) is 0. The Morgan fingerprint density at radius 2 is 1.87 bits per heavy atom. The highest BCUT2D eigenvalue weighted by atomic mass is 16.5. The van der Waals surface area contributed by atoms with E-state index in [4.69, 9.17) is 9.47 Å². The van der Waals surface area contributed by atoms with Crippen LogP contribution in [0.2, 0.25) is 0 Å². The highest BCUT2D eigenvalue weighted by Crippen LogP contribution is 2.19. The first-order chi connectivity index (χ1) is 6.91. The van der Waals surface area contributed by atoms with Crippen LogP contribution in [0.1, 0.15) is 40.5 Å². The summed E-state index contributed by atoms with van der Waals surface area (Å²) in [6.45, 7) is 12.0. The second kappa shape index (κ2) is 5.28. The third-order valence-electron chi connectivity index (χ3n) is 2.79. The summed E-state index contributed by atoms with van der Waals surface area (Å²) < 4.78 is 11.0. The van der Waals surface area contributed by atoms with E-state index in [-0.39, 0.29) is 11.1 Å². The summed E-state index contributed by atoms with van der Waals surface area (Å²) >= 11 is 0. The van der Waals surface area contributed by atoms with Crippen molar-refractivity contribution < 1.29 is 9.47 Å². The lowest BCUT2D eigenvalue weighted by molar-refractivity contribution is -0.00860. The molecule has 1 saturated heterocycles. The summed E-state index contributed by atoms with van der Waals surface area (Å²) in [5.74, 6) is 0. The molecule has 0 aromatic heterocycles. The van der Waals surface area contributed by atoms with Crippen molar-refractivity contribution in [3.8, 4) is 0 Å². The molecule has 1 aliphatic rings. The third-order valence-corrected chi connectivity index (χ3v) is 2.79. The summed E-state index contributed by atoms with van der Waals surface area (Å²) in [4.78, 5) is 0. The number of rotatable bonds is 4. The SMILES string of the molecule is CC1(NCCOC(C)(C)C)CCOCC1. The molecule has 1 rings (SSSR count). The van der Waals surface area contributed by atoms with Gasteiger partial charge >= 0.3 is 0 Å². The Morgan fingerprint density at radius 3 is 2.40 bits per heavy atom. The van der Waals surface area contributed by atoms with Gasteiger partial charge in [0.1, 0.15) is 0 Å². The molecule has 0 amide bonds. The summed E-state index contributed by atoms with van der Waals surface area (Å²) in [6.07, 6.45) is 2.20. The Labute approximate surface area is 93.5 Å². The van der Waals surface area contributed by atoms with Crippen LogP contribution in [0.25, 0.3) is 0 Å². The fraction of sp³-hybridized carbons (Fsp3) is 1.00. The monoisotopic (exact) mass is 215 g/mol. The van der Waals surface area contributed by atoms with Gasteiger partial charge in [-0.05, 0) is 40.5 Å². The molecule has 0 atom stereocenters. The van der Waals surface area contributed by atoms with E-state index in [1.807, 2.05) is 0 Å². The van der Waals surface area contributed by atoms with Gasteiger partial charge in [-0.15, -0.1) is 0 Å². The average Bonchev–Trinajstić information content (AvgIpc) is 2.12. The molecule has 1 N–H and O–H groups in total. The molecule has 0 unspecified atom stereocenters. The molecule has 0 spiro atoms. The summed E-state index contributed by atoms with van der Waals surface area (Å²) in [5, 5.41) is 3.57. The minimum atomic E-state index is -0.0295. The molecule has 1 fully saturated rings. The molecular formula is C12H25NO2. The normalized spacial score (nSPS) is 21.6. The van der Waals surface area contributed by atoms with Gasteiger partial charge in [0, 0.05) is 25.3 Å². The van der Waals surface area contributed by atoms with Crippen molar-refractivity contribution in [3.63, 3.8) is 0 Å². The fourth-order valence-corrected chi connectivity index (χ4v) is 1.71. The number of hydrogen-bond donors (Lipinski definition) is 1. The van der Waals surface area contributed by atoms with Gasteiger partial charge in [-0.3, -0.25) is 0 Å². The Hall–Kier alpha value is -0.120. The second-order valence-electron chi connectivity index (χ2n) is 5.56. The van der Waals surface area contributed by atoms with Crippen molar-refractivity contribution in [3.05, 3.63) is 0 Å². The van der Waals surface area contributed by atoms with E-state index in [1.165, 1.54) is 0 Å². The van der Waals surface area contributed by atoms with E-state index >= 15 is 0 Å². The molecule has 0 aromatic carbocycles. The van der Waals surface area contributed by atoms with Gasteiger partial charge in [-0.2, -0.15) is 0 Å². The van der Waals surface area contributed by atoms with Gasteiger partial charge < -0.3 is 14.8 Å². The molecule has 0 saturated carbocycles. The topological polar surface area (TPSA) is 30.5 Å². The minimum Gasteiger partial charge on any atom is -0.381 e. The van der Waals surface area contributed by atoms with Crippen LogP contribution >= 0.6 is 0 Å². The second-order valence-corrected chi connectivity index (χ2v) is 5.56. The lowest BCUT2D eigenvalue weighted by Gasteiger charge is -2.35. The van der Waals surface area contributed by atoms with E-state index in [0.717, 1.165) is 39.2 Å². The molecule has 90 valence electrons. The van der Waals surface area contributed by atoms with Gasteiger partial charge in [0.25, 0.3) is 0 Å². The van der Waals surface area contributed by atoms with E-state index in [0.29, 0.717) is 0 Å². The van der Waals surface area contributed by atoms with Gasteiger partial charge in [-0.25, -0.2) is 0 Å². The molecule has 3 nitrogen and oxygen atoms in total. The standard InChI is InChI=1S/C12H25NO2/c1-11(2,3)15-10-7-13-12(4)5-8-14-9-6-12/h13H,5-10H2,1-4H3. The maximum absolute atomic E-state index is 5.67. The Balaban J connectivity index is 2.13. The first-order valence-electron chi connectivity index (χ1n) is 5.88. The van der Waals surface area contributed by atoms with Crippen molar-refractivity contribution in [1.29, 1.82) is 0 Å². The Bertz CT molecular complexity index is 181. The molecule has 1 aliphatic heterocycles. The van der Waals surface area contributed by atoms with Gasteiger partial charge in [0.15, 0.2) is 0 Å². The zero-order valence-corrected chi connectivity index (χ0v) is 10.6. The van der Waals surface area contributed by atoms with Crippen molar-refractivity contribution in [2.75, 3.05) is 26.4 Å². The fourth-order valence-electron chi connectivity index (χ4n) is 1.71. The summed E-state index contributed by atoms with van der Waals surface area (Å²) in [7, 11) is 0. The van der Waals surface area contributed by atoms with E-state index < -0.39 is 0 Å². The molecule has 0 aliphatic carbocycles. The highest BCUT2D eigenvalue weighted by molar-refractivity contribution is 4.85. The largest absolute Gasteiger partial charge is 0.381 e. The molecule has 15 heavy (non-hydrogen) atoms. The molecule has 3 heteroatoms. The first-order valence-corrected chi connectivity index (χ1v) is 5.88. The number of nitrogens with one attached hydrogen (secondary N) is 1. The van der Waals surface area contributed by atoms with E-state index in [2.05, 4.69) is 33.0 Å². The Morgan fingerprint density at radius 1 is 1.27 bits per heavy atom. The molecular weight excluding hydrogens is 190 g/mol. The first kappa shape index (κ1) is 12.9. The van der Waals surface area contributed by atoms with Crippen LogP contribution in [0.3, 0.4) is 0 Å². The van der Waals surface area contributed by atoms with Gasteiger partial charge in [-0.1, -0.05) is 0 Å². The smallest absolute Gasteiger partial charge is 0.0599 e. The maximum atomic E-state index is 5.67. The third kappa shape index (κ3) is 5.50. The van der Waals surface area contributed by atoms with Crippen LogP contribution in [0, 0.1) is 0 Å². The minimum absolute atomic E-state index is 0.0295. The predicted octanol–water partition coefficient (Wildman–Crippen LogP) is 1.96. The zero-order valence-electron chi connectivity index (χ0n) is 10.6. The van der Waals surface area contributed by atoms with Crippen molar-refractivity contribution in [2.24, 2.45) is 0 Å². The quantitative estimate of drug-likeness (QED) is 0.727. The van der Waals surface area contributed by atoms with E-state index in [1.54, 1.807) is 0 Å². The van der Waals surface area contributed by atoms with Gasteiger partial charge in [0.05, 0.1) is 12.2 Å². The van der Waals surface area contributed by atoms with Crippen LogP contribution in [0.5, 0.6) is 0 Å². The van der Waals surface area contributed by atoms with Crippen LogP contribution < -0.4 is 5.32 Å². The maximum Gasteiger partial charge on any atom is 0.0599 e. The predicted molar refractivity (Wildman–Crippen MR) is 62.2 cm³/mol. The lowest BCUT2D eigenvalue weighted by Crippen LogP contribution is -2.48. The van der Waals surface area contributed by atoms with Crippen molar-refractivity contribution in [2.45, 2.75) is 51.7 Å². The zero-order chi connectivity index (χ0) is 11.4.